The first-order chi connectivity index (χ1) is 7.67. The standard InChI is InChI=1S/C11H14N2O3/c1-3-11(15)13-12-7-8-4-5-9(14)6-10(8)16-2/h4-7,14H,3H2,1-2H3,(H,13,15). The number of phenols is 1. The highest BCUT2D eigenvalue weighted by Gasteiger charge is 2.01. The van der Waals surface area contributed by atoms with Gasteiger partial charge in [0.1, 0.15) is 11.5 Å². The number of hydrazone groups is 1. The molecule has 16 heavy (non-hydrogen) atoms. The predicted octanol–water partition coefficient (Wildman–Crippen LogP) is 1.26. The first-order valence-electron chi connectivity index (χ1n) is 4.86. The summed E-state index contributed by atoms with van der Waals surface area (Å²) in [5, 5.41) is 13.0. The number of carbonyl (C=O) groups excluding carboxylic acids is 1. The normalized spacial score (nSPS) is 10.4. The Bertz CT molecular complexity index is 402. The van der Waals surface area contributed by atoms with Crippen LogP contribution in [0.4, 0.5) is 0 Å². The molecular weight excluding hydrogens is 208 g/mol. The average Bonchev–Trinajstić information content (AvgIpc) is 2.30. The van der Waals surface area contributed by atoms with Gasteiger partial charge < -0.3 is 9.84 Å². The lowest BCUT2D eigenvalue weighted by Gasteiger charge is -2.04. The van der Waals surface area contributed by atoms with E-state index < -0.39 is 0 Å². The minimum Gasteiger partial charge on any atom is -0.508 e. The van der Waals surface area contributed by atoms with Crippen molar-refractivity contribution in [2.75, 3.05) is 7.11 Å². The fourth-order valence-corrected chi connectivity index (χ4v) is 1.06. The molecule has 0 atom stereocenters. The van der Waals surface area contributed by atoms with Crippen LogP contribution in [-0.2, 0) is 4.79 Å². The summed E-state index contributed by atoms with van der Waals surface area (Å²) in [5.74, 6) is 0.454. The molecule has 0 heterocycles. The lowest BCUT2D eigenvalue weighted by Crippen LogP contribution is -2.15. The van der Waals surface area contributed by atoms with Crippen LogP contribution in [0.2, 0.25) is 0 Å². The van der Waals surface area contributed by atoms with Gasteiger partial charge in [0.15, 0.2) is 0 Å². The number of aromatic hydroxyl groups is 1. The van der Waals surface area contributed by atoms with Gasteiger partial charge in [0.05, 0.1) is 13.3 Å². The van der Waals surface area contributed by atoms with Crippen LogP contribution in [0.1, 0.15) is 18.9 Å². The SMILES string of the molecule is CCC(=O)NN=Cc1ccc(O)cc1OC. The number of rotatable bonds is 4. The third kappa shape index (κ3) is 3.27. The number of carbonyl (C=O) groups is 1. The minimum absolute atomic E-state index is 0.117. The van der Waals surface area contributed by atoms with E-state index in [-0.39, 0.29) is 11.7 Å². The van der Waals surface area contributed by atoms with E-state index in [1.54, 1.807) is 13.0 Å². The van der Waals surface area contributed by atoms with Crippen LogP contribution in [0.15, 0.2) is 23.3 Å². The molecule has 0 bridgehead atoms. The summed E-state index contributed by atoms with van der Waals surface area (Å²) in [4.78, 5) is 10.9. The van der Waals surface area contributed by atoms with E-state index in [0.29, 0.717) is 17.7 Å². The summed E-state index contributed by atoms with van der Waals surface area (Å²) >= 11 is 0. The van der Waals surface area contributed by atoms with Crippen molar-refractivity contribution >= 4 is 12.1 Å². The van der Waals surface area contributed by atoms with Gasteiger partial charge >= 0.3 is 0 Å². The van der Waals surface area contributed by atoms with Crippen LogP contribution >= 0.6 is 0 Å². The van der Waals surface area contributed by atoms with Gasteiger partial charge in [0.25, 0.3) is 0 Å². The second-order valence-electron chi connectivity index (χ2n) is 3.07. The maximum absolute atomic E-state index is 10.9. The predicted molar refractivity (Wildman–Crippen MR) is 60.7 cm³/mol. The Hall–Kier alpha value is -2.04. The molecule has 0 fully saturated rings. The van der Waals surface area contributed by atoms with Crippen LogP contribution in [0, 0.1) is 0 Å². The van der Waals surface area contributed by atoms with Gasteiger partial charge in [0.2, 0.25) is 5.91 Å². The van der Waals surface area contributed by atoms with Crippen LogP contribution in [0.25, 0.3) is 0 Å². The maximum atomic E-state index is 10.9. The molecule has 0 unspecified atom stereocenters. The molecule has 0 spiro atoms. The number of amides is 1. The number of methoxy groups -OCH3 is 1. The van der Waals surface area contributed by atoms with E-state index in [2.05, 4.69) is 10.5 Å². The Kier molecular flexibility index (Phi) is 4.32. The number of nitrogens with one attached hydrogen (secondary N) is 1. The molecule has 1 aromatic carbocycles. The van der Waals surface area contributed by atoms with Crippen LogP contribution in [0.3, 0.4) is 0 Å². The van der Waals surface area contributed by atoms with E-state index in [4.69, 9.17) is 4.74 Å². The average molecular weight is 222 g/mol. The highest BCUT2D eigenvalue weighted by molar-refractivity contribution is 5.85. The Morgan fingerprint density at radius 2 is 2.38 bits per heavy atom. The van der Waals surface area contributed by atoms with Crippen LogP contribution < -0.4 is 10.2 Å². The molecule has 0 saturated carbocycles. The van der Waals surface area contributed by atoms with Crippen molar-refractivity contribution in [3.8, 4) is 11.5 Å². The zero-order valence-corrected chi connectivity index (χ0v) is 9.23. The van der Waals surface area contributed by atoms with Crippen molar-refractivity contribution in [2.45, 2.75) is 13.3 Å². The van der Waals surface area contributed by atoms with Gasteiger partial charge in [-0.2, -0.15) is 5.10 Å². The summed E-state index contributed by atoms with van der Waals surface area (Å²) in [6.07, 6.45) is 1.84. The number of hydrogen-bond donors (Lipinski definition) is 2. The number of benzene rings is 1. The van der Waals surface area contributed by atoms with E-state index in [9.17, 15) is 9.90 Å². The zero-order valence-electron chi connectivity index (χ0n) is 9.23. The third-order valence-electron chi connectivity index (χ3n) is 1.93. The molecule has 0 saturated heterocycles. The quantitative estimate of drug-likeness (QED) is 0.595. The van der Waals surface area contributed by atoms with Crippen molar-refractivity contribution in [1.29, 1.82) is 0 Å². The van der Waals surface area contributed by atoms with Gasteiger partial charge in [0, 0.05) is 18.1 Å². The lowest BCUT2D eigenvalue weighted by molar-refractivity contribution is -0.120. The zero-order chi connectivity index (χ0) is 12.0. The third-order valence-corrected chi connectivity index (χ3v) is 1.93. The minimum atomic E-state index is -0.158. The monoisotopic (exact) mass is 222 g/mol. The highest BCUT2D eigenvalue weighted by Crippen LogP contribution is 2.21. The summed E-state index contributed by atoms with van der Waals surface area (Å²) in [6.45, 7) is 1.74. The molecule has 86 valence electrons. The molecule has 0 aliphatic rings. The van der Waals surface area contributed by atoms with Crippen LogP contribution in [0.5, 0.6) is 11.5 Å². The molecule has 1 aromatic rings. The second kappa shape index (κ2) is 5.75. The summed E-state index contributed by atoms with van der Waals surface area (Å²) < 4.78 is 5.05. The molecular formula is C11H14N2O3. The van der Waals surface area contributed by atoms with E-state index in [1.807, 2.05) is 0 Å². The van der Waals surface area contributed by atoms with Gasteiger partial charge in [-0.25, -0.2) is 5.43 Å². The molecule has 1 amide bonds. The first kappa shape index (κ1) is 12.0. The summed E-state index contributed by atoms with van der Waals surface area (Å²) in [7, 11) is 1.50. The molecule has 0 aliphatic heterocycles. The molecule has 5 heteroatoms. The largest absolute Gasteiger partial charge is 0.508 e. The van der Waals surface area contributed by atoms with Crippen molar-refractivity contribution in [3.05, 3.63) is 23.8 Å². The van der Waals surface area contributed by atoms with Crippen molar-refractivity contribution in [3.63, 3.8) is 0 Å². The van der Waals surface area contributed by atoms with E-state index in [0.717, 1.165) is 0 Å². The van der Waals surface area contributed by atoms with Gasteiger partial charge in [-0.3, -0.25) is 4.79 Å². The molecule has 0 aromatic heterocycles. The Labute approximate surface area is 93.7 Å². The van der Waals surface area contributed by atoms with Crippen molar-refractivity contribution < 1.29 is 14.6 Å². The van der Waals surface area contributed by atoms with Crippen molar-refractivity contribution in [1.82, 2.24) is 5.43 Å². The molecule has 0 aliphatic carbocycles. The van der Waals surface area contributed by atoms with E-state index >= 15 is 0 Å². The first-order valence-corrected chi connectivity index (χ1v) is 4.86. The smallest absolute Gasteiger partial charge is 0.239 e. The topological polar surface area (TPSA) is 70.9 Å². The second-order valence-corrected chi connectivity index (χ2v) is 3.07. The Balaban J connectivity index is 2.76. The summed E-state index contributed by atoms with van der Waals surface area (Å²) in [5.41, 5.74) is 3.04. The van der Waals surface area contributed by atoms with E-state index in [1.165, 1.54) is 25.5 Å². The molecule has 2 N–H and O–H groups in total. The number of nitrogens with zero attached hydrogens (tertiary/aromatic N) is 1. The van der Waals surface area contributed by atoms with Gasteiger partial charge in [-0.1, -0.05) is 6.92 Å². The lowest BCUT2D eigenvalue weighted by atomic mass is 10.2. The number of ether oxygens (including phenoxy) is 1. The van der Waals surface area contributed by atoms with Gasteiger partial charge in [-0.05, 0) is 12.1 Å². The fourth-order valence-electron chi connectivity index (χ4n) is 1.06. The molecule has 5 nitrogen and oxygen atoms in total. The number of phenolic OH excluding ortho intramolecular Hbond substituents is 1. The molecule has 1 rings (SSSR count). The summed E-state index contributed by atoms with van der Waals surface area (Å²) in [6, 6.07) is 4.64. The van der Waals surface area contributed by atoms with Crippen molar-refractivity contribution in [2.24, 2.45) is 5.10 Å². The number of hydrogen-bond acceptors (Lipinski definition) is 4. The van der Waals surface area contributed by atoms with Crippen LogP contribution in [-0.4, -0.2) is 24.3 Å². The van der Waals surface area contributed by atoms with Gasteiger partial charge in [-0.15, -0.1) is 0 Å². The fraction of sp³-hybridized carbons (Fsp3) is 0.273. The Morgan fingerprint density at radius 1 is 1.62 bits per heavy atom. The molecule has 0 radical (unpaired) electrons. The highest BCUT2D eigenvalue weighted by atomic mass is 16.5. The Morgan fingerprint density at radius 3 is 3.00 bits per heavy atom. The maximum Gasteiger partial charge on any atom is 0.239 e.